The van der Waals surface area contributed by atoms with Crippen LogP contribution in [-0.4, -0.2) is 44.2 Å². The van der Waals surface area contributed by atoms with Crippen molar-refractivity contribution in [3.63, 3.8) is 0 Å². The summed E-state index contributed by atoms with van der Waals surface area (Å²) < 4.78 is 0. The van der Waals surface area contributed by atoms with Gasteiger partial charge < -0.3 is 15.5 Å². The molecule has 2 saturated heterocycles. The van der Waals surface area contributed by atoms with Crippen LogP contribution in [0.3, 0.4) is 0 Å². The molecule has 0 aromatic carbocycles. The van der Waals surface area contributed by atoms with Crippen molar-refractivity contribution in [2.75, 3.05) is 26.2 Å². The van der Waals surface area contributed by atoms with Gasteiger partial charge in [0.1, 0.15) is 0 Å². The minimum absolute atomic E-state index is 0.186. The van der Waals surface area contributed by atoms with Crippen LogP contribution in [0.1, 0.15) is 39.0 Å². The zero-order chi connectivity index (χ0) is 12.1. The number of carbonyl (C=O) groups excluding carboxylic acids is 1. The van der Waals surface area contributed by atoms with Gasteiger partial charge in [0.05, 0.1) is 25.7 Å². The number of rotatable bonds is 3. The summed E-state index contributed by atoms with van der Waals surface area (Å²) in [5.41, 5.74) is 0. The highest BCUT2D eigenvalue weighted by molar-refractivity contribution is 5.80. The van der Waals surface area contributed by atoms with Gasteiger partial charge in [0.15, 0.2) is 6.04 Å². The largest absolute Gasteiger partial charge is 0.351 e. The van der Waals surface area contributed by atoms with E-state index in [1.54, 1.807) is 4.90 Å². The Hall–Kier alpha value is -0.610. The lowest BCUT2D eigenvalue weighted by molar-refractivity contribution is -0.912. The first-order chi connectivity index (χ1) is 8.29. The number of nitrogens with one attached hydrogen (secondary N) is 2. The lowest BCUT2D eigenvalue weighted by Gasteiger charge is -2.28. The molecule has 4 N–H and O–H groups in total. The second-order valence-electron chi connectivity index (χ2n) is 5.53. The Bertz CT molecular complexity index is 249. The number of amides is 1. The van der Waals surface area contributed by atoms with Crippen molar-refractivity contribution in [2.24, 2.45) is 0 Å². The molecule has 4 heteroatoms. The molecule has 0 aromatic rings. The van der Waals surface area contributed by atoms with Gasteiger partial charge in [-0.2, -0.15) is 0 Å². The number of hydrogen-bond donors (Lipinski definition) is 3. The fourth-order valence-electron chi connectivity index (χ4n) is 3.07. The highest BCUT2D eigenvalue weighted by Crippen LogP contribution is 2.03. The summed E-state index contributed by atoms with van der Waals surface area (Å²) in [6.07, 6.45) is 5.94. The summed E-state index contributed by atoms with van der Waals surface area (Å²) >= 11 is 0. The molecule has 2 fully saturated rings. The highest BCUT2D eigenvalue weighted by atomic mass is 16.2. The zero-order valence-corrected chi connectivity index (χ0v) is 11.0. The molecule has 0 bridgehead atoms. The van der Waals surface area contributed by atoms with Crippen molar-refractivity contribution in [1.29, 1.82) is 0 Å². The number of quaternary nitrogens is 2. The Kier molecular flexibility index (Phi) is 4.80. The van der Waals surface area contributed by atoms with Crippen LogP contribution in [-0.2, 0) is 4.79 Å². The van der Waals surface area contributed by atoms with Gasteiger partial charge in [-0.25, -0.2) is 0 Å². The highest BCUT2D eigenvalue weighted by Gasteiger charge is 2.30. The average Bonchev–Trinajstić information content (AvgIpc) is 2.56. The number of likely N-dealkylation sites (tertiary alicyclic amines) is 1. The van der Waals surface area contributed by atoms with E-state index >= 15 is 0 Å². The van der Waals surface area contributed by atoms with E-state index in [0.29, 0.717) is 6.04 Å². The van der Waals surface area contributed by atoms with Crippen LogP contribution in [0, 0.1) is 0 Å². The van der Waals surface area contributed by atoms with Crippen LogP contribution >= 0.6 is 0 Å². The normalized spacial score (nSPS) is 35.1. The molecular formula is C13H27N3O+2. The smallest absolute Gasteiger partial charge is 0.278 e. The number of hydrogen-bond acceptors (Lipinski definition) is 1. The van der Waals surface area contributed by atoms with Crippen molar-refractivity contribution in [1.82, 2.24) is 5.32 Å². The van der Waals surface area contributed by atoms with E-state index in [-0.39, 0.29) is 11.9 Å². The molecule has 1 atom stereocenters. The molecule has 0 saturated carbocycles. The summed E-state index contributed by atoms with van der Waals surface area (Å²) in [5, 5.41) is 5.38. The lowest BCUT2D eigenvalue weighted by atomic mass is 10.0. The minimum Gasteiger partial charge on any atom is -0.351 e. The quantitative estimate of drug-likeness (QED) is 0.541. The topological polar surface area (TPSA) is 50.1 Å². The second kappa shape index (κ2) is 6.36. The first kappa shape index (κ1) is 12.8. The van der Waals surface area contributed by atoms with E-state index in [1.165, 1.54) is 38.9 Å². The van der Waals surface area contributed by atoms with E-state index in [0.717, 1.165) is 19.4 Å². The van der Waals surface area contributed by atoms with E-state index < -0.39 is 0 Å². The molecule has 0 radical (unpaired) electrons. The van der Waals surface area contributed by atoms with Gasteiger partial charge in [-0.1, -0.05) is 0 Å². The predicted molar refractivity (Wildman–Crippen MR) is 66.8 cm³/mol. The Balaban J connectivity index is 1.78. The molecule has 17 heavy (non-hydrogen) atoms. The third kappa shape index (κ3) is 3.68. The standard InChI is InChI=1S/C13H25N3O/c1-2-16-9-6-11(7-10-16)15-12-5-3-4-8-14-13(12)17/h11-12,15H,2-10H2,1H3,(H,14,17)/p+2/t12-/m1/s1. The molecule has 0 aliphatic carbocycles. The van der Waals surface area contributed by atoms with Crippen LogP contribution in [0.5, 0.6) is 0 Å². The van der Waals surface area contributed by atoms with Gasteiger partial charge in [0.2, 0.25) is 0 Å². The first-order valence-corrected chi connectivity index (χ1v) is 7.26. The Morgan fingerprint density at radius 3 is 2.76 bits per heavy atom. The van der Waals surface area contributed by atoms with Crippen molar-refractivity contribution in [2.45, 2.75) is 51.1 Å². The molecule has 0 spiro atoms. The second-order valence-corrected chi connectivity index (χ2v) is 5.53. The van der Waals surface area contributed by atoms with Crippen molar-refractivity contribution < 1.29 is 15.0 Å². The number of nitrogens with two attached hydrogens (primary N) is 1. The van der Waals surface area contributed by atoms with Gasteiger partial charge in [0.25, 0.3) is 5.91 Å². The van der Waals surface area contributed by atoms with Crippen LogP contribution in [0.25, 0.3) is 0 Å². The number of piperidine rings is 1. The maximum Gasteiger partial charge on any atom is 0.278 e. The molecule has 2 rings (SSSR count). The Morgan fingerprint density at radius 2 is 2.06 bits per heavy atom. The summed E-state index contributed by atoms with van der Waals surface area (Å²) in [5.74, 6) is 0.271. The summed E-state index contributed by atoms with van der Waals surface area (Å²) in [7, 11) is 0. The molecule has 0 aromatic heterocycles. The molecule has 98 valence electrons. The maximum absolute atomic E-state index is 11.9. The van der Waals surface area contributed by atoms with Gasteiger partial charge in [-0.05, 0) is 19.8 Å². The summed E-state index contributed by atoms with van der Waals surface area (Å²) in [6, 6.07) is 0.866. The van der Waals surface area contributed by atoms with Crippen molar-refractivity contribution in [3.05, 3.63) is 0 Å². The molecule has 2 aliphatic rings. The van der Waals surface area contributed by atoms with Crippen molar-refractivity contribution >= 4 is 5.91 Å². The van der Waals surface area contributed by atoms with Gasteiger partial charge in [0, 0.05) is 25.8 Å². The Labute approximate surface area is 104 Å². The number of carbonyl (C=O) groups is 1. The van der Waals surface area contributed by atoms with E-state index in [4.69, 9.17) is 0 Å². The van der Waals surface area contributed by atoms with E-state index in [9.17, 15) is 4.79 Å². The fraction of sp³-hybridized carbons (Fsp3) is 0.923. The third-order valence-electron chi connectivity index (χ3n) is 4.32. The van der Waals surface area contributed by atoms with Crippen LogP contribution in [0.4, 0.5) is 0 Å². The SMILES string of the molecule is CC[NH+]1CCC([NH2+][C@@H]2CCCCNC2=O)CC1. The van der Waals surface area contributed by atoms with Gasteiger partial charge in [-0.3, -0.25) is 4.79 Å². The predicted octanol–water partition coefficient (Wildman–Crippen LogP) is -1.71. The molecule has 2 aliphatic heterocycles. The molecule has 1 amide bonds. The van der Waals surface area contributed by atoms with Crippen molar-refractivity contribution in [3.8, 4) is 0 Å². The summed E-state index contributed by atoms with van der Waals surface area (Å²) in [6.45, 7) is 6.95. The Morgan fingerprint density at radius 1 is 1.29 bits per heavy atom. The van der Waals surface area contributed by atoms with Gasteiger partial charge >= 0.3 is 0 Å². The monoisotopic (exact) mass is 241 g/mol. The third-order valence-corrected chi connectivity index (χ3v) is 4.32. The lowest BCUT2D eigenvalue weighted by Crippen LogP contribution is -3.15. The van der Waals surface area contributed by atoms with E-state index in [2.05, 4.69) is 17.6 Å². The molecule has 4 nitrogen and oxygen atoms in total. The minimum atomic E-state index is 0.186. The molecule has 0 unspecified atom stereocenters. The maximum atomic E-state index is 11.9. The van der Waals surface area contributed by atoms with Crippen LogP contribution < -0.4 is 15.5 Å². The van der Waals surface area contributed by atoms with Crippen LogP contribution in [0.15, 0.2) is 0 Å². The fourth-order valence-corrected chi connectivity index (χ4v) is 3.07. The average molecular weight is 241 g/mol. The molecular weight excluding hydrogens is 214 g/mol. The van der Waals surface area contributed by atoms with Crippen LogP contribution in [0.2, 0.25) is 0 Å². The first-order valence-electron chi connectivity index (χ1n) is 7.26. The zero-order valence-electron chi connectivity index (χ0n) is 11.0. The molecule has 2 heterocycles. The summed E-state index contributed by atoms with van der Waals surface area (Å²) in [4.78, 5) is 13.6. The van der Waals surface area contributed by atoms with E-state index in [1.807, 2.05) is 0 Å². The van der Waals surface area contributed by atoms with Gasteiger partial charge in [-0.15, -0.1) is 0 Å².